The maximum Gasteiger partial charge on any atom is 0.242 e. The topological polar surface area (TPSA) is 28.5 Å². The molecule has 2 aromatic rings. The Morgan fingerprint density at radius 1 is 1.22 bits per heavy atom. The largest absolute Gasteiger partial charge is 0.341 e. The van der Waals surface area contributed by atoms with Crippen LogP contribution >= 0.6 is 11.6 Å². The van der Waals surface area contributed by atoms with Gasteiger partial charge in [0.1, 0.15) is 6.54 Å². The van der Waals surface area contributed by atoms with Crippen molar-refractivity contribution in [1.29, 1.82) is 0 Å². The zero-order chi connectivity index (χ0) is 16.0. The SMILES string of the molecule is CN1CCc2c(n(CC(=O)N3CCCC3)c3ccc(Cl)cc23)C1. The van der Waals surface area contributed by atoms with Gasteiger partial charge in [0.2, 0.25) is 5.91 Å². The summed E-state index contributed by atoms with van der Waals surface area (Å²) in [5.41, 5.74) is 3.79. The standard InChI is InChI=1S/C18H22ClN3O/c1-20-9-6-14-15-10-13(19)4-5-16(15)22(17(14)11-20)12-18(23)21-7-2-3-8-21/h4-5,10H,2-3,6-9,11-12H2,1H3. The van der Waals surface area contributed by atoms with E-state index in [0.29, 0.717) is 6.54 Å². The Labute approximate surface area is 141 Å². The molecule has 1 aromatic heterocycles. The highest BCUT2D eigenvalue weighted by atomic mass is 35.5. The summed E-state index contributed by atoms with van der Waals surface area (Å²) in [6, 6.07) is 6.04. The number of likely N-dealkylation sites (tertiary alicyclic amines) is 1. The van der Waals surface area contributed by atoms with E-state index in [4.69, 9.17) is 11.6 Å². The van der Waals surface area contributed by atoms with Crippen LogP contribution < -0.4 is 0 Å². The van der Waals surface area contributed by atoms with Gasteiger partial charge in [0.25, 0.3) is 0 Å². The molecule has 0 spiro atoms. The van der Waals surface area contributed by atoms with E-state index in [-0.39, 0.29) is 5.91 Å². The maximum absolute atomic E-state index is 12.7. The van der Waals surface area contributed by atoms with Gasteiger partial charge < -0.3 is 14.4 Å². The lowest BCUT2D eigenvalue weighted by Gasteiger charge is -2.25. The van der Waals surface area contributed by atoms with Gasteiger partial charge >= 0.3 is 0 Å². The van der Waals surface area contributed by atoms with Crippen molar-refractivity contribution in [1.82, 2.24) is 14.4 Å². The number of fused-ring (bicyclic) bond motifs is 3. The fourth-order valence-corrected chi connectivity index (χ4v) is 4.10. The molecule has 2 aliphatic heterocycles. The average Bonchev–Trinajstić information content (AvgIpc) is 3.15. The first-order valence-corrected chi connectivity index (χ1v) is 8.77. The zero-order valence-electron chi connectivity index (χ0n) is 13.5. The van der Waals surface area contributed by atoms with E-state index in [2.05, 4.69) is 28.6 Å². The third-order valence-corrected chi connectivity index (χ3v) is 5.40. The van der Waals surface area contributed by atoms with Gasteiger partial charge in [-0.15, -0.1) is 0 Å². The van der Waals surface area contributed by atoms with Gasteiger partial charge in [-0.3, -0.25) is 4.79 Å². The number of carbonyl (C=O) groups is 1. The van der Waals surface area contributed by atoms with E-state index in [1.165, 1.54) is 16.6 Å². The minimum Gasteiger partial charge on any atom is -0.341 e. The molecule has 0 N–H and O–H groups in total. The lowest BCUT2D eigenvalue weighted by molar-refractivity contribution is -0.130. The molecule has 1 fully saturated rings. The van der Waals surface area contributed by atoms with Crippen LogP contribution in [-0.4, -0.2) is 47.0 Å². The summed E-state index contributed by atoms with van der Waals surface area (Å²) in [4.78, 5) is 17.0. The van der Waals surface area contributed by atoms with E-state index in [9.17, 15) is 4.79 Å². The average molecular weight is 332 g/mol. The minimum atomic E-state index is 0.241. The summed E-state index contributed by atoms with van der Waals surface area (Å²) in [7, 11) is 2.14. The van der Waals surface area contributed by atoms with Crippen molar-refractivity contribution in [3.63, 3.8) is 0 Å². The van der Waals surface area contributed by atoms with Crippen LogP contribution in [-0.2, 0) is 24.3 Å². The number of benzene rings is 1. The van der Waals surface area contributed by atoms with Gasteiger partial charge in [-0.05, 0) is 50.1 Å². The predicted molar refractivity (Wildman–Crippen MR) is 92.8 cm³/mol. The highest BCUT2D eigenvalue weighted by molar-refractivity contribution is 6.31. The second-order valence-electron chi connectivity index (χ2n) is 6.75. The van der Waals surface area contributed by atoms with Crippen LogP contribution in [0, 0.1) is 0 Å². The van der Waals surface area contributed by atoms with Crippen molar-refractivity contribution in [2.75, 3.05) is 26.7 Å². The van der Waals surface area contributed by atoms with E-state index >= 15 is 0 Å². The van der Waals surface area contributed by atoms with E-state index in [1.54, 1.807) is 0 Å². The van der Waals surface area contributed by atoms with Crippen molar-refractivity contribution < 1.29 is 4.79 Å². The molecule has 0 bridgehead atoms. The normalized spacial score (nSPS) is 18.6. The third kappa shape index (κ3) is 2.64. The van der Waals surface area contributed by atoms with Crippen LogP contribution in [0.25, 0.3) is 10.9 Å². The van der Waals surface area contributed by atoms with Crippen LogP contribution in [0.3, 0.4) is 0 Å². The molecule has 4 nitrogen and oxygen atoms in total. The third-order valence-electron chi connectivity index (χ3n) is 5.16. The highest BCUT2D eigenvalue weighted by Gasteiger charge is 2.25. The number of carbonyl (C=O) groups excluding carboxylic acids is 1. The van der Waals surface area contributed by atoms with E-state index < -0.39 is 0 Å². The molecule has 122 valence electrons. The number of likely N-dealkylation sites (N-methyl/N-ethyl adjacent to an activating group) is 1. The first-order valence-electron chi connectivity index (χ1n) is 8.39. The number of aromatic nitrogens is 1. The van der Waals surface area contributed by atoms with Crippen LogP contribution in [0.4, 0.5) is 0 Å². The molecular weight excluding hydrogens is 310 g/mol. The number of hydrogen-bond donors (Lipinski definition) is 0. The Bertz CT molecular complexity index is 761. The molecule has 0 aliphatic carbocycles. The number of hydrogen-bond acceptors (Lipinski definition) is 2. The monoisotopic (exact) mass is 331 g/mol. The molecule has 0 saturated carbocycles. The lowest BCUT2D eigenvalue weighted by atomic mass is 10.0. The lowest BCUT2D eigenvalue weighted by Crippen LogP contribution is -2.33. The van der Waals surface area contributed by atoms with E-state index in [1.807, 2.05) is 11.0 Å². The smallest absolute Gasteiger partial charge is 0.242 e. The highest BCUT2D eigenvalue weighted by Crippen LogP contribution is 2.32. The number of halogens is 1. The number of amides is 1. The Morgan fingerprint density at radius 3 is 2.78 bits per heavy atom. The van der Waals surface area contributed by atoms with Crippen LogP contribution in [0.15, 0.2) is 18.2 Å². The summed E-state index contributed by atoms with van der Waals surface area (Å²) in [5.74, 6) is 0.241. The molecule has 0 unspecified atom stereocenters. The Balaban J connectivity index is 1.78. The predicted octanol–water partition coefficient (Wildman–Crippen LogP) is 2.91. The molecule has 1 saturated heterocycles. The molecule has 0 atom stereocenters. The molecule has 3 heterocycles. The molecule has 1 amide bonds. The van der Waals surface area contributed by atoms with Crippen LogP contribution in [0.5, 0.6) is 0 Å². The summed E-state index contributed by atoms with van der Waals surface area (Å²) >= 11 is 6.21. The van der Waals surface area contributed by atoms with Crippen molar-refractivity contribution >= 4 is 28.4 Å². The van der Waals surface area contributed by atoms with Gasteiger partial charge in [0.05, 0.1) is 0 Å². The quantitative estimate of drug-likeness (QED) is 0.846. The molecule has 0 radical (unpaired) electrons. The Morgan fingerprint density at radius 2 is 2.00 bits per heavy atom. The Kier molecular flexibility index (Phi) is 3.82. The van der Waals surface area contributed by atoms with Gasteiger partial charge in [-0.1, -0.05) is 11.6 Å². The molecular formula is C18H22ClN3O. The molecule has 23 heavy (non-hydrogen) atoms. The second kappa shape index (κ2) is 5.84. The maximum atomic E-state index is 12.7. The molecule has 4 rings (SSSR count). The molecule has 1 aromatic carbocycles. The van der Waals surface area contributed by atoms with Crippen molar-refractivity contribution in [2.45, 2.75) is 32.4 Å². The first-order chi connectivity index (χ1) is 11.1. The van der Waals surface area contributed by atoms with Crippen molar-refractivity contribution in [3.8, 4) is 0 Å². The van der Waals surface area contributed by atoms with Gasteiger partial charge in [-0.2, -0.15) is 0 Å². The fourth-order valence-electron chi connectivity index (χ4n) is 3.93. The van der Waals surface area contributed by atoms with Gasteiger partial charge in [0, 0.05) is 47.8 Å². The van der Waals surface area contributed by atoms with Gasteiger partial charge in [-0.25, -0.2) is 0 Å². The summed E-state index contributed by atoms with van der Waals surface area (Å²) in [5, 5.41) is 1.98. The minimum absolute atomic E-state index is 0.241. The summed E-state index contributed by atoms with van der Waals surface area (Å²) in [6.45, 7) is 4.22. The molecule has 5 heteroatoms. The first kappa shape index (κ1) is 15.0. The van der Waals surface area contributed by atoms with Gasteiger partial charge in [0.15, 0.2) is 0 Å². The Hall–Kier alpha value is -1.52. The zero-order valence-corrected chi connectivity index (χ0v) is 14.3. The fraction of sp³-hybridized carbons (Fsp3) is 0.500. The van der Waals surface area contributed by atoms with Crippen LogP contribution in [0.1, 0.15) is 24.1 Å². The van der Waals surface area contributed by atoms with E-state index in [0.717, 1.165) is 56.0 Å². The van der Waals surface area contributed by atoms with Crippen LogP contribution in [0.2, 0.25) is 5.02 Å². The second-order valence-corrected chi connectivity index (χ2v) is 7.18. The summed E-state index contributed by atoms with van der Waals surface area (Å²) in [6.07, 6.45) is 3.29. The van der Waals surface area contributed by atoms with Crippen molar-refractivity contribution in [2.24, 2.45) is 0 Å². The number of nitrogens with zero attached hydrogens (tertiary/aromatic N) is 3. The molecule has 2 aliphatic rings. The summed E-state index contributed by atoms with van der Waals surface area (Å²) < 4.78 is 2.22. The van der Waals surface area contributed by atoms with Crippen molar-refractivity contribution in [3.05, 3.63) is 34.5 Å². The number of rotatable bonds is 2.